The summed E-state index contributed by atoms with van der Waals surface area (Å²) in [4.78, 5) is 0. The van der Waals surface area contributed by atoms with Crippen molar-refractivity contribution in [2.75, 3.05) is 0 Å². The van der Waals surface area contributed by atoms with Gasteiger partial charge in [0.05, 0.1) is 0 Å². The molecule has 4 fully saturated rings. The van der Waals surface area contributed by atoms with Gasteiger partial charge in [-0.05, 0) is 161 Å². The third-order valence-electron chi connectivity index (χ3n) is 15.9. The summed E-state index contributed by atoms with van der Waals surface area (Å²) in [5.41, 5.74) is 1.37. The van der Waals surface area contributed by atoms with Crippen molar-refractivity contribution in [2.45, 2.75) is 225 Å². The van der Waals surface area contributed by atoms with Crippen molar-refractivity contribution in [3.05, 3.63) is 59.7 Å². The van der Waals surface area contributed by atoms with Crippen LogP contribution in [-0.4, -0.2) is 25.1 Å². The Bertz CT molecular complexity index is 1810. The average Bonchev–Trinajstić information content (AvgIpc) is 3.35. The second-order valence-electron chi connectivity index (χ2n) is 21.1. The van der Waals surface area contributed by atoms with E-state index in [4.69, 9.17) is 0 Å². The van der Waals surface area contributed by atoms with E-state index in [1.807, 2.05) is 0 Å². The zero-order valence-electron chi connectivity index (χ0n) is 41.7. The summed E-state index contributed by atoms with van der Waals surface area (Å²) in [6.45, 7) is 4.54. The van der Waals surface area contributed by atoms with Gasteiger partial charge in [0.15, 0.2) is 0 Å². The molecule has 0 bridgehead atoms. The van der Waals surface area contributed by atoms with Gasteiger partial charge in [-0.25, -0.2) is 0 Å². The largest absolute Gasteiger partial charge is 0.461 e. The molecule has 4 aliphatic carbocycles. The average molecular weight is 975 g/mol. The van der Waals surface area contributed by atoms with Crippen LogP contribution in [0, 0.1) is 71.0 Å². The molecule has 2 aromatic carbocycles. The Balaban J connectivity index is 0.000000258. The number of hydrogen-bond acceptors (Lipinski definition) is 2. The van der Waals surface area contributed by atoms with E-state index in [0.717, 1.165) is 61.2 Å². The molecule has 0 aliphatic heterocycles. The van der Waals surface area contributed by atoms with Crippen LogP contribution >= 0.6 is 0 Å². The molecular formula is C59H82F8O2. The molecule has 2 aromatic rings. The lowest BCUT2D eigenvalue weighted by Crippen LogP contribution is -2.33. The summed E-state index contributed by atoms with van der Waals surface area (Å²) in [6, 6.07) is 11.2. The molecular weight excluding hydrogens is 893 g/mol. The lowest BCUT2D eigenvalue weighted by Gasteiger charge is -2.37. The van der Waals surface area contributed by atoms with Crippen molar-refractivity contribution >= 4 is 0 Å². The summed E-state index contributed by atoms with van der Waals surface area (Å²) >= 11 is 0. The Labute approximate surface area is 410 Å². The Morgan fingerprint density at radius 3 is 1.01 bits per heavy atom. The topological polar surface area (TPSA) is 18.5 Å². The molecule has 10 heteroatoms. The van der Waals surface area contributed by atoms with E-state index in [9.17, 15) is 35.1 Å². The number of hydrogen-bond donors (Lipinski definition) is 0. The van der Waals surface area contributed by atoms with Gasteiger partial charge in [-0.15, -0.1) is 0 Å². The number of ether oxygens (including phenoxy) is 2. The molecule has 0 radical (unpaired) electrons. The molecule has 0 N–H and O–H groups in total. The van der Waals surface area contributed by atoms with Crippen LogP contribution < -0.4 is 9.47 Å². The van der Waals surface area contributed by atoms with Crippen molar-refractivity contribution in [1.29, 1.82) is 0 Å². The van der Waals surface area contributed by atoms with Crippen LogP contribution in [0.15, 0.2) is 48.5 Å². The van der Waals surface area contributed by atoms with Gasteiger partial charge < -0.3 is 9.47 Å². The van der Waals surface area contributed by atoms with Crippen molar-refractivity contribution in [3.8, 4) is 35.2 Å². The maximum Gasteiger partial charge on any atom is 0.461 e. The zero-order valence-corrected chi connectivity index (χ0v) is 41.7. The minimum absolute atomic E-state index is 0.289. The second-order valence-corrected chi connectivity index (χ2v) is 21.1. The molecule has 0 amide bonds. The summed E-state index contributed by atoms with van der Waals surface area (Å²) in [7, 11) is 0. The molecule has 0 heterocycles. The van der Waals surface area contributed by atoms with Gasteiger partial charge >= 0.3 is 25.1 Å². The van der Waals surface area contributed by atoms with Crippen molar-refractivity contribution in [2.24, 2.45) is 47.3 Å². The second kappa shape index (κ2) is 29.8. The van der Waals surface area contributed by atoms with Gasteiger partial charge in [-0.1, -0.05) is 147 Å². The molecule has 386 valence electrons. The number of rotatable bonds is 21. The molecule has 6 rings (SSSR count). The fourth-order valence-electron chi connectivity index (χ4n) is 11.6. The van der Waals surface area contributed by atoms with Crippen molar-refractivity contribution in [1.82, 2.24) is 0 Å². The van der Waals surface area contributed by atoms with Crippen LogP contribution in [0.25, 0.3) is 0 Å². The summed E-state index contributed by atoms with van der Waals surface area (Å²) in [5.74, 6) is 18.5. The summed E-state index contributed by atoms with van der Waals surface area (Å²) in [5, 5.41) is 0. The van der Waals surface area contributed by atoms with Crippen LogP contribution in [0.5, 0.6) is 11.5 Å². The van der Waals surface area contributed by atoms with Gasteiger partial charge in [0, 0.05) is 23.0 Å². The highest BCUT2D eigenvalue weighted by Crippen LogP contribution is 2.44. The van der Waals surface area contributed by atoms with E-state index < -0.39 is 25.1 Å². The van der Waals surface area contributed by atoms with Crippen LogP contribution in [0.1, 0.15) is 211 Å². The number of unbranched alkanes of at least 4 members (excludes halogenated alkanes) is 9. The zero-order chi connectivity index (χ0) is 49.5. The Kier molecular flexibility index (Phi) is 24.4. The van der Waals surface area contributed by atoms with Gasteiger partial charge in [-0.2, -0.15) is 35.1 Å². The third-order valence-corrected chi connectivity index (χ3v) is 15.9. The highest BCUT2D eigenvalue weighted by molar-refractivity contribution is 5.39. The molecule has 2 nitrogen and oxygen atoms in total. The maximum atomic E-state index is 13.0. The van der Waals surface area contributed by atoms with Crippen LogP contribution in [-0.2, 0) is 0 Å². The predicted molar refractivity (Wildman–Crippen MR) is 263 cm³/mol. The highest BCUT2D eigenvalue weighted by Gasteiger charge is 2.45. The van der Waals surface area contributed by atoms with E-state index >= 15 is 0 Å². The molecule has 0 saturated heterocycles. The minimum Gasteiger partial charge on any atom is -0.428 e. The first kappa shape index (κ1) is 56.5. The van der Waals surface area contributed by atoms with Crippen molar-refractivity contribution < 1.29 is 44.6 Å². The molecule has 4 aliphatic rings. The van der Waals surface area contributed by atoms with Crippen LogP contribution in [0.3, 0.4) is 0 Å². The monoisotopic (exact) mass is 975 g/mol. The lowest BCUT2D eigenvalue weighted by molar-refractivity contribution is -0.253. The van der Waals surface area contributed by atoms with Crippen LogP contribution in [0.4, 0.5) is 35.1 Å². The fraction of sp³-hybridized carbons (Fsp3) is 0.729. The molecule has 0 spiro atoms. The van der Waals surface area contributed by atoms with E-state index in [1.165, 1.54) is 197 Å². The van der Waals surface area contributed by atoms with E-state index in [1.54, 1.807) is 12.1 Å². The van der Waals surface area contributed by atoms with Gasteiger partial charge in [0.2, 0.25) is 0 Å². The number of alkyl halides is 8. The Morgan fingerprint density at radius 2 is 0.710 bits per heavy atom. The van der Waals surface area contributed by atoms with E-state index in [-0.39, 0.29) is 11.5 Å². The fourth-order valence-corrected chi connectivity index (χ4v) is 11.6. The van der Waals surface area contributed by atoms with Crippen molar-refractivity contribution in [3.63, 3.8) is 0 Å². The number of benzene rings is 2. The predicted octanol–water partition coefficient (Wildman–Crippen LogP) is 18.9. The summed E-state index contributed by atoms with van der Waals surface area (Å²) < 4.78 is 109. The SMILES string of the molecule is CCCCCCCC1CCC(C2CCC(C#Cc3ccc(OC(F)(F)C(F)F)cc3)CC2)CC1.CCCCCCCCC1CCC(C2CCC(C#Cc3ccc(OC(F)(F)C(F)F)cc3)CC2)CC1. The van der Waals surface area contributed by atoms with Gasteiger partial charge in [0.1, 0.15) is 11.5 Å². The molecule has 4 saturated carbocycles. The Morgan fingerprint density at radius 1 is 0.420 bits per heavy atom. The normalized spacial score (nSPS) is 25.4. The quantitative estimate of drug-likeness (QED) is 0.0705. The van der Waals surface area contributed by atoms with E-state index in [2.05, 4.69) is 47.0 Å². The van der Waals surface area contributed by atoms with Gasteiger partial charge in [0.25, 0.3) is 0 Å². The smallest absolute Gasteiger partial charge is 0.428 e. The molecule has 0 unspecified atom stereocenters. The molecule has 0 atom stereocenters. The number of halogens is 8. The third kappa shape index (κ3) is 20.3. The van der Waals surface area contributed by atoms with Crippen LogP contribution in [0.2, 0.25) is 0 Å². The van der Waals surface area contributed by atoms with Gasteiger partial charge in [-0.3, -0.25) is 0 Å². The minimum atomic E-state index is -4.49. The Hall–Kier alpha value is -3.40. The maximum absolute atomic E-state index is 13.0. The lowest BCUT2D eigenvalue weighted by atomic mass is 9.69. The van der Waals surface area contributed by atoms with E-state index in [0.29, 0.717) is 23.0 Å². The standard InChI is InChI=1S/C30H42F4O.C29H40F4O/c1-2-3-4-5-6-7-8-23-11-17-26(18-12-23)27-19-13-24(14-20-27)9-10-25-15-21-28(22-16-25)35-30(33,34)29(31)32;1-2-3-4-5-6-7-22-10-16-25(17-11-22)26-18-12-23(13-19-26)8-9-24-14-20-27(21-15-24)34-29(32,33)28(30)31/h15-16,21-24,26-27,29H,2-8,11-14,17-20H2,1H3;14-15,20-23,25-26,28H,2-7,10-13,16-19H2,1H3. The first-order valence-electron chi connectivity index (χ1n) is 27.2. The molecule has 0 aromatic heterocycles. The summed E-state index contributed by atoms with van der Waals surface area (Å²) in [6.07, 6.45) is 22.2. The molecule has 69 heavy (non-hydrogen) atoms. The first-order chi connectivity index (χ1) is 33.2. The highest BCUT2D eigenvalue weighted by atomic mass is 19.3. The first-order valence-corrected chi connectivity index (χ1v) is 27.2.